The summed E-state index contributed by atoms with van der Waals surface area (Å²) in [5, 5.41) is 11.6. The van der Waals surface area contributed by atoms with E-state index >= 15 is 0 Å². The van der Waals surface area contributed by atoms with Crippen molar-refractivity contribution < 1.29 is 19.4 Å². The molecule has 1 unspecified atom stereocenters. The SMILES string of the molecule is CC(C)(CCC(=O)O)NC(=O)CSCC1CCCCO1. The van der Waals surface area contributed by atoms with Crippen molar-refractivity contribution in [1.29, 1.82) is 0 Å². The van der Waals surface area contributed by atoms with E-state index in [0.717, 1.165) is 25.2 Å². The highest BCUT2D eigenvalue weighted by molar-refractivity contribution is 7.99. The Morgan fingerprint density at radius 3 is 2.75 bits per heavy atom. The van der Waals surface area contributed by atoms with Gasteiger partial charge in [0.1, 0.15) is 0 Å². The highest BCUT2D eigenvalue weighted by atomic mass is 32.2. The van der Waals surface area contributed by atoms with Gasteiger partial charge in [-0.1, -0.05) is 0 Å². The highest BCUT2D eigenvalue weighted by Gasteiger charge is 2.21. The van der Waals surface area contributed by atoms with Crippen LogP contribution in [0.25, 0.3) is 0 Å². The molecule has 0 spiro atoms. The van der Waals surface area contributed by atoms with Crippen LogP contribution in [0, 0.1) is 0 Å². The summed E-state index contributed by atoms with van der Waals surface area (Å²) in [7, 11) is 0. The molecule has 116 valence electrons. The Morgan fingerprint density at radius 1 is 1.40 bits per heavy atom. The Kier molecular flexibility index (Phi) is 7.37. The summed E-state index contributed by atoms with van der Waals surface area (Å²) in [5.41, 5.74) is -0.475. The molecule has 1 aliphatic heterocycles. The fourth-order valence-corrected chi connectivity index (χ4v) is 3.02. The number of carboxylic acid groups (broad SMARTS) is 1. The van der Waals surface area contributed by atoms with Gasteiger partial charge in [0.05, 0.1) is 11.9 Å². The number of amides is 1. The second-order valence-electron chi connectivity index (χ2n) is 5.83. The molecule has 1 rings (SSSR count). The summed E-state index contributed by atoms with van der Waals surface area (Å²) in [4.78, 5) is 22.4. The van der Waals surface area contributed by atoms with Gasteiger partial charge in [-0.05, 0) is 39.5 Å². The predicted octanol–water partition coefficient (Wildman–Crippen LogP) is 2.05. The van der Waals surface area contributed by atoms with Gasteiger partial charge in [0, 0.05) is 24.3 Å². The molecule has 0 aromatic heterocycles. The Hall–Kier alpha value is -0.750. The van der Waals surface area contributed by atoms with Crippen molar-refractivity contribution in [3.63, 3.8) is 0 Å². The lowest BCUT2D eigenvalue weighted by molar-refractivity contribution is -0.137. The van der Waals surface area contributed by atoms with E-state index in [-0.39, 0.29) is 18.4 Å². The van der Waals surface area contributed by atoms with Crippen LogP contribution in [0.5, 0.6) is 0 Å². The molecule has 0 aliphatic carbocycles. The topological polar surface area (TPSA) is 75.6 Å². The van der Waals surface area contributed by atoms with E-state index < -0.39 is 11.5 Å². The molecule has 0 saturated carbocycles. The van der Waals surface area contributed by atoms with E-state index in [4.69, 9.17) is 9.84 Å². The molecule has 0 aromatic carbocycles. The fraction of sp³-hybridized carbons (Fsp3) is 0.857. The van der Waals surface area contributed by atoms with Gasteiger partial charge >= 0.3 is 5.97 Å². The minimum atomic E-state index is -0.837. The maximum atomic E-state index is 11.8. The van der Waals surface area contributed by atoms with Gasteiger partial charge in [0.2, 0.25) is 5.91 Å². The first-order chi connectivity index (χ1) is 9.39. The second-order valence-corrected chi connectivity index (χ2v) is 6.86. The third kappa shape index (κ3) is 7.75. The average Bonchev–Trinajstić information content (AvgIpc) is 2.37. The molecule has 5 nitrogen and oxygen atoms in total. The molecule has 1 fully saturated rings. The van der Waals surface area contributed by atoms with Crippen LogP contribution in [0.2, 0.25) is 0 Å². The number of carbonyl (C=O) groups is 2. The van der Waals surface area contributed by atoms with E-state index in [2.05, 4.69) is 5.32 Å². The van der Waals surface area contributed by atoms with Crippen molar-refractivity contribution in [2.24, 2.45) is 0 Å². The molecule has 0 aromatic rings. The molecule has 2 N–H and O–H groups in total. The number of hydrogen-bond acceptors (Lipinski definition) is 4. The normalized spacial score (nSPS) is 19.6. The largest absolute Gasteiger partial charge is 0.481 e. The molecule has 1 saturated heterocycles. The zero-order chi connectivity index (χ0) is 15.0. The molecule has 0 radical (unpaired) electrons. The number of nitrogens with one attached hydrogen (secondary N) is 1. The van der Waals surface area contributed by atoms with Crippen molar-refractivity contribution in [3.05, 3.63) is 0 Å². The average molecular weight is 303 g/mol. The molecule has 1 heterocycles. The molecule has 1 amide bonds. The third-order valence-electron chi connectivity index (χ3n) is 3.25. The van der Waals surface area contributed by atoms with Gasteiger partial charge in [-0.25, -0.2) is 0 Å². The monoisotopic (exact) mass is 303 g/mol. The summed E-state index contributed by atoms with van der Waals surface area (Å²) < 4.78 is 5.61. The van der Waals surface area contributed by atoms with Crippen LogP contribution in [0.15, 0.2) is 0 Å². The highest BCUT2D eigenvalue weighted by Crippen LogP contribution is 2.17. The smallest absolute Gasteiger partial charge is 0.303 e. The molecule has 20 heavy (non-hydrogen) atoms. The summed E-state index contributed by atoms with van der Waals surface area (Å²) in [6.07, 6.45) is 4.21. The molecule has 1 atom stereocenters. The summed E-state index contributed by atoms with van der Waals surface area (Å²) in [5.74, 6) is 0.372. The third-order valence-corrected chi connectivity index (χ3v) is 4.33. The van der Waals surface area contributed by atoms with Crippen molar-refractivity contribution in [2.45, 2.75) is 57.6 Å². The van der Waals surface area contributed by atoms with E-state index in [9.17, 15) is 9.59 Å². The summed E-state index contributed by atoms with van der Waals surface area (Å²) in [6.45, 7) is 4.53. The van der Waals surface area contributed by atoms with Gasteiger partial charge in [-0.3, -0.25) is 9.59 Å². The van der Waals surface area contributed by atoms with Gasteiger partial charge in [0.15, 0.2) is 0 Å². The van der Waals surface area contributed by atoms with Crippen LogP contribution >= 0.6 is 11.8 Å². The fourth-order valence-electron chi connectivity index (χ4n) is 2.12. The van der Waals surface area contributed by atoms with Crippen molar-refractivity contribution >= 4 is 23.6 Å². The maximum absolute atomic E-state index is 11.8. The van der Waals surface area contributed by atoms with Gasteiger partial charge in [-0.15, -0.1) is 11.8 Å². The predicted molar refractivity (Wildman–Crippen MR) is 80.0 cm³/mol. The Labute approximate surface area is 124 Å². The lowest BCUT2D eigenvalue weighted by Crippen LogP contribution is -2.44. The Balaban J connectivity index is 2.16. The van der Waals surface area contributed by atoms with Crippen LogP contribution in [-0.2, 0) is 14.3 Å². The summed E-state index contributed by atoms with van der Waals surface area (Å²) >= 11 is 1.58. The lowest BCUT2D eigenvalue weighted by Gasteiger charge is -2.26. The standard InChI is InChI=1S/C14H25NO4S/c1-14(2,7-6-13(17)18)15-12(16)10-20-9-11-5-3-4-8-19-11/h11H,3-10H2,1-2H3,(H,15,16)(H,17,18). The molecule has 1 aliphatic rings. The zero-order valence-electron chi connectivity index (χ0n) is 12.3. The van der Waals surface area contributed by atoms with E-state index in [1.165, 1.54) is 6.42 Å². The Morgan fingerprint density at radius 2 is 2.15 bits per heavy atom. The zero-order valence-corrected chi connectivity index (χ0v) is 13.1. The van der Waals surface area contributed by atoms with Crippen LogP contribution in [0.4, 0.5) is 0 Å². The first-order valence-corrected chi connectivity index (χ1v) is 8.27. The number of aliphatic carboxylic acids is 1. The molecule has 6 heteroatoms. The first kappa shape index (κ1) is 17.3. The van der Waals surface area contributed by atoms with Crippen molar-refractivity contribution in [3.8, 4) is 0 Å². The van der Waals surface area contributed by atoms with Gasteiger partial charge in [0.25, 0.3) is 0 Å². The van der Waals surface area contributed by atoms with Crippen LogP contribution in [-0.4, -0.2) is 46.7 Å². The molecule has 0 bridgehead atoms. The number of carbonyl (C=O) groups excluding carboxylic acids is 1. The van der Waals surface area contributed by atoms with Crippen LogP contribution in [0.3, 0.4) is 0 Å². The van der Waals surface area contributed by atoms with E-state index in [1.54, 1.807) is 11.8 Å². The second kappa shape index (κ2) is 8.52. The Bertz CT molecular complexity index is 327. The van der Waals surface area contributed by atoms with Crippen LogP contribution < -0.4 is 5.32 Å². The minimum absolute atomic E-state index is 0.0406. The number of ether oxygens (including phenoxy) is 1. The first-order valence-electron chi connectivity index (χ1n) is 7.11. The van der Waals surface area contributed by atoms with Gasteiger partial charge in [-0.2, -0.15) is 0 Å². The number of thioether (sulfide) groups is 1. The van der Waals surface area contributed by atoms with Gasteiger partial charge < -0.3 is 15.2 Å². The van der Waals surface area contributed by atoms with Crippen molar-refractivity contribution in [1.82, 2.24) is 5.32 Å². The maximum Gasteiger partial charge on any atom is 0.303 e. The van der Waals surface area contributed by atoms with E-state index in [0.29, 0.717) is 12.2 Å². The lowest BCUT2D eigenvalue weighted by atomic mass is 9.98. The number of rotatable bonds is 8. The van der Waals surface area contributed by atoms with Crippen LogP contribution in [0.1, 0.15) is 46.0 Å². The quantitative estimate of drug-likeness (QED) is 0.718. The van der Waals surface area contributed by atoms with Crippen molar-refractivity contribution in [2.75, 3.05) is 18.1 Å². The molecular weight excluding hydrogens is 278 g/mol. The number of carboxylic acids is 1. The number of hydrogen-bond donors (Lipinski definition) is 2. The van der Waals surface area contributed by atoms with E-state index in [1.807, 2.05) is 13.8 Å². The minimum Gasteiger partial charge on any atom is -0.481 e. The summed E-state index contributed by atoms with van der Waals surface area (Å²) in [6, 6.07) is 0. The molecular formula is C14H25NO4S.